The lowest BCUT2D eigenvalue weighted by molar-refractivity contribution is 0.210. The minimum absolute atomic E-state index is 0.440. The van der Waals surface area contributed by atoms with Crippen molar-refractivity contribution < 1.29 is 0 Å². The van der Waals surface area contributed by atoms with Gasteiger partial charge in [0, 0.05) is 18.1 Å². The average molecular weight is 224 g/mol. The van der Waals surface area contributed by atoms with Gasteiger partial charge in [-0.2, -0.15) is 0 Å². The predicted molar refractivity (Wildman–Crippen MR) is 69.7 cm³/mol. The number of piperidine rings is 1. The molecular weight excluding hydrogens is 196 g/mol. The van der Waals surface area contributed by atoms with Crippen molar-refractivity contribution in [2.45, 2.75) is 64.5 Å². The lowest BCUT2D eigenvalue weighted by Crippen LogP contribution is -2.47. The van der Waals surface area contributed by atoms with Crippen molar-refractivity contribution in [1.29, 1.82) is 0 Å². The maximum Gasteiger partial charge on any atom is 0.0156 e. The Morgan fingerprint density at radius 1 is 1.38 bits per heavy atom. The summed E-state index contributed by atoms with van der Waals surface area (Å²) in [7, 11) is 0. The van der Waals surface area contributed by atoms with Gasteiger partial charge in [0.2, 0.25) is 0 Å². The summed E-state index contributed by atoms with van der Waals surface area (Å²) in [6.45, 7) is 11.0. The molecule has 2 unspecified atom stereocenters. The molecule has 1 N–H and O–H groups in total. The molecular formula is C14H28N2. The van der Waals surface area contributed by atoms with Gasteiger partial charge in [-0.15, -0.1) is 0 Å². The van der Waals surface area contributed by atoms with E-state index in [2.05, 4.69) is 31.0 Å². The van der Waals surface area contributed by atoms with Crippen LogP contribution < -0.4 is 5.32 Å². The number of rotatable bonds is 3. The Labute approximate surface area is 101 Å². The molecule has 0 aromatic carbocycles. The lowest BCUT2D eigenvalue weighted by atomic mass is 9.82. The van der Waals surface area contributed by atoms with Gasteiger partial charge in [0.15, 0.2) is 0 Å². The lowest BCUT2D eigenvalue weighted by Gasteiger charge is -2.37. The maximum atomic E-state index is 3.75. The van der Waals surface area contributed by atoms with Crippen molar-refractivity contribution >= 4 is 0 Å². The summed E-state index contributed by atoms with van der Waals surface area (Å²) in [5.74, 6) is 0.929. The van der Waals surface area contributed by atoms with Gasteiger partial charge in [0.1, 0.15) is 0 Å². The van der Waals surface area contributed by atoms with E-state index in [-0.39, 0.29) is 0 Å². The van der Waals surface area contributed by atoms with Crippen molar-refractivity contribution in [2.75, 3.05) is 19.6 Å². The molecule has 0 aliphatic carbocycles. The van der Waals surface area contributed by atoms with Crippen LogP contribution >= 0.6 is 0 Å². The van der Waals surface area contributed by atoms with Crippen LogP contribution in [0.25, 0.3) is 0 Å². The number of hydrogen-bond acceptors (Lipinski definition) is 2. The van der Waals surface area contributed by atoms with Gasteiger partial charge in [0.05, 0.1) is 0 Å². The largest absolute Gasteiger partial charge is 0.312 e. The summed E-state index contributed by atoms with van der Waals surface area (Å²) in [4.78, 5) is 2.64. The van der Waals surface area contributed by atoms with E-state index < -0.39 is 0 Å². The third-order valence-electron chi connectivity index (χ3n) is 4.49. The topological polar surface area (TPSA) is 15.3 Å². The summed E-state index contributed by atoms with van der Waals surface area (Å²) in [6.07, 6.45) is 6.97. The third-order valence-corrected chi connectivity index (χ3v) is 4.49. The van der Waals surface area contributed by atoms with Crippen molar-refractivity contribution in [3.63, 3.8) is 0 Å². The first-order valence-corrected chi connectivity index (χ1v) is 7.08. The van der Waals surface area contributed by atoms with Crippen LogP contribution in [0.2, 0.25) is 0 Å². The molecule has 0 aromatic rings. The van der Waals surface area contributed by atoms with E-state index in [9.17, 15) is 0 Å². The van der Waals surface area contributed by atoms with E-state index in [4.69, 9.17) is 0 Å². The highest BCUT2D eigenvalue weighted by Gasteiger charge is 2.33. The molecule has 94 valence electrons. The number of hydrogen-bond donors (Lipinski definition) is 1. The molecule has 0 aromatic heterocycles. The van der Waals surface area contributed by atoms with Crippen LogP contribution in [0, 0.1) is 5.92 Å². The molecule has 2 rings (SSSR count). The van der Waals surface area contributed by atoms with E-state index in [1.807, 2.05) is 0 Å². The average Bonchev–Trinajstić information content (AvgIpc) is 2.66. The fourth-order valence-electron chi connectivity index (χ4n) is 3.43. The zero-order valence-corrected chi connectivity index (χ0v) is 11.3. The molecule has 16 heavy (non-hydrogen) atoms. The molecule has 2 nitrogen and oxygen atoms in total. The molecule has 2 saturated heterocycles. The van der Waals surface area contributed by atoms with Gasteiger partial charge in [0.25, 0.3) is 0 Å². The molecule has 2 aliphatic heterocycles. The first kappa shape index (κ1) is 12.4. The Kier molecular flexibility index (Phi) is 3.91. The Morgan fingerprint density at radius 2 is 2.19 bits per heavy atom. The molecule has 2 atom stereocenters. The minimum atomic E-state index is 0.440. The highest BCUT2D eigenvalue weighted by Crippen LogP contribution is 2.31. The van der Waals surface area contributed by atoms with Gasteiger partial charge in [-0.25, -0.2) is 0 Å². The normalized spacial score (nSPS) is 37.1. The number of nitrogens with one attached hydrogen (secondary N) is 1. The summed E-state index contributed by atoms with van der Waals surface area (Å²) in [5.41, 5.74) is 0.440. The molecule has 0 saturated carbocycles. The second-order valence-corrected chi connectivity index (χ2v) is 6.39. The minimum Gasteiger partial charge on any atom is -0.312 e. The zero-order valence-electron chi connectivity index (χ0n) is 11.3. The Bertz CT molecular complexity index is 219. The van der Waals surface area contributed by atoms with Gasteiger partial charge in [-0.05, 0) is 65.5 Å². The number of nitrogens with zero attached hydrogens (tertiary/aromatic N) is 1. The van der Waals surface area contributed by atoms with Gasteiger partial charge < -0.3 is 10.2 Å². The van der Waals surface area contributed by atoms with Crippen molar-refractivity contribution in [3.05, 3.63) is 0 Å². The summed E-state index contributed by atoms with van der Waals surface area (Å²) in [5, 5.41) is 3.75. The van der Waals surface area contributed by atoms with Gasteiger partial charge in [-0.3, -0.25) is 0 Å². The Balaban J connectivity index is 1.81. The summed E-state index contributed by atoms with van der Waals surface area (Å²) < 4.78 is 0. The smallest absolute Gasteiger partial charge is 0.0156 e. The van der Waals surface area contributed by atoms with E-state index >= 15 is 0 Å². The van der Waals surface area contributed by atoms with Crippen LogP contribution in [0.1, 0.15) is 52.9 Å². The molecule has 2 aliphatic rings. The van der Waals surface area contributed by atoms with Crippen molar-refractivity contribution in [2.24, 2.45) is 5.92 Å². The van der Waals surface area contributed by atoms with Crippen LogP contribution in [-0.2, 0) is 0 Å². The fraction of sp³-hybridized carbons (Fsp3) is 1.00. The molecule has 0 bridgehead atoms. The van der Waals surface area contributed by atoms with E-state index in [1.54, 1.807) is 0 Å². The summed E-state index contributed by atoms with van der Waals surface area (Å²) in [6, 6.07) is 0.733. The highest BCUT2D eigenvalue weighted by molar-refractivity contribution is 4.91. The van der Waals surface area contributed by atoms with Crippen LogP contribution in [0.3, 0.4) is 0 Å². The molecule has 0 radical (unpaired) electrons. The van der Waals surface area contributed by atoms with E-state index in [0.717, 1.165) is 12.0 Å². The van der Waals surface area contributed by atoms with Gasteiger partial charge in [-0.1, -0.05) is 6.42 Å². The quantitative estimate of drug-likeness (QED) is 0.793. The SMILES string of the molecule is CC(C)N1CCC(CC2(C)CCCCN2)C1. The van der Waals surface area contributed by atoms with Crippen molar-refractivity contribution in [1.82, 2.24) is 10.2 Å². The van der Waals surface area contributed by atoms with Crippen LogP contribution in [0.15, 0.2) is 0 Å². The first-order chi connectivity index (χ1) is 7.59. The second-order valence-electron chi connectivity index (χ2n) is 6.39. The van der Waals surface area contributed by atoms with Crippen LogP contribution in [0.5, 0.6) is 0 Å². The molecule has 0 spiro atoms. The third kappa shape index (κ3) is 2.98. The standard InChI is InChI=1S/C14H28N2/c1-12(2)16-9-6-13(11-16)10-14(3)7-4-5-8-15-14/h12-13,15H,4-11H2,1-3H3. The van der Waals surface area contributed by atoms with Crippen molar-refractivity contribution in [3.8, 4) is 0 Å². The molecule has 2 fully saturated rings. The van der Waals surface area contributed by atoms with Gasteiger partial charge >= 0.3 is 0 Å². The summed E-state index contributed by atoms with van der Waals surface area (Å²) >= 11 is 0. The molecule has 0 amide bonds. The molecule has 2 heterocycles. The number of likely N-dealkylation sites (tertiary alicyclic amines) is 1. The Hall–Kier alpha value is -0.0800. The zero-order chi connectivity index (χ0) is 11.6. The van der Waals surface area contributed by atoms with Crippen LogP contribution in [-0.4, -0.2) is 36.1 Å². The van der Waals surface area contributed by atoms with Crippen LogP contribution in [0.4, 0.5) is 0 Å². The molecule has 2 heteroatoms. The fourth-order valence-corrected chi connectivity index (χ4v) is 3.43. The van der Waals surface area contributed by atoms with E-state index in [0.29, 0.717) is 5.54 Å². The Morgan fingerprint density at radius 3 is 2.75 bits per heavy atom. The monoisotopic (exact) mass is 224 g/mol. The predicted octanol–water partition coefficient (Wildman–Crippen LogP) is 2.64. The second kappa shape index (κ2) is 5.05. The van der Waals surface area contributed by atoms with E-state index in [1.165, 1.54) is 51.7 Å². The maximum absolute atomic E-state index is 3.75. The first-order valence-electron chi connectivity index (χ1n) is 7.08. The highest BCUT2D eigenvalue weighted by atomic mass is 15.2.